The lowest BCUT2D eigenvalue weighted by atomic mass is 9.78. The molecule has 0 saturated carbocycles. The third-order valence-electron chi connectivity index (χ3n) is 4.46. The molecule has 1 aromatic carbocycles. The van der Waals surface area contributed by atoms with Gasteiger partial charge < -0.3 is 14.9 Å². The summed E-state index contributed by atoms with van der Waals surface area (Å²) in [4.78, 5) is 26.1. The lowest BCUT2D eigenvalue weighted by molar-refractivity contribution is -0.125. The number of fused-ring (bicyclic) bond motifs is 5. The van der Waals surface area contributed by atoms with Crippen molar-refractivity contribution in [3.8, 4) is 0 Å². The van der Waals surface area contributed by atoms with Crippen molar-refractivity contribution in [3.63, 3.8) is 0 Å². The molecular weight excluding hydrogens is 262 g/mol. The van der Waals surface area contributed by atoms with E-state index in [0.29, 0.717) is 5.69 Å². The number of rotatable bonds is 1. The van der Waals surface area contributed by atoms with Crippen LogP contribution in [0.3, 0.4) is 0 Å². The molecule has 3 fully saturated rings. The molecule has 2 bridgehead atoms. The lowest BCUT2D eigenvalue weighted by Gasteiger charge is -2.25. The molecule has 20 heavy (non-hydrogen) atoms. The van der Waals surface area contributed by atoms with Gasteiger partial charge in [0.15, 0.2) is 0 Å². The highest BCUT2D eigenvalue weighted by Crippen LogP contribution is 2.49. The van der Waals surface area contributed by atoms with Gasteiger partial charge >= 0.3 is 0 Å². The van der Waals surface area contributed by atoms with E-state index < -0.39 is 36.3 Å². The van der Waals surface area contributed by atoms with Crippen molar-refractivity contribution in [2.24, 2.45) is 11.8 Å². The Morgan fingerprint density at radius 2 is 1.40 bits per heavy atom. The van der Waals surface area contributed by atoms with Crippen molar-refractivity contribution in [2.45, 2.75) is 24.4 Å². The molecule has 0 unspecified atom stereocenters. The second-order valence-electron chi connectivity index (χ2n) is 5.45. The van der Waals surface area contributed by atoms with Crippen molar-refractivity contribution >= 4 is 17.5 Å². The topological polar surface area (TPSA) is 87.1 Å². The molecule has 2 amide bonds. The molecule has 6 heteroatoms. The Morgan fingerprint density at radius 3 is 1.90 bits per heavy atom. The van der Waals surface area contributed by atoms with Crippen LogP contribution in [0, 0.1) is 11.8 Å². The fraction of sp³-hybridized carbons (Fsp3) is 0.429. The van der Waals surface area contributed by atoms with Crippen molar-refractivity contribution in [3.05, 3.63) is 30.3 Å². The quantitative estimate of drug-likeness (QED) is 0.661. The number of hydrogen-bond acceptors (Lipinski definition) is 5. The third kappa shape index (κ3) is 1.28. The summed E-state index contributed by atoms with van der Waals surface area (Å²) in [6.07, 6.45) is -3.78. The number of aliphatic hydroxyl groups excluding tert-OH is 2. The average molecular weight is 275 g/mol. The highest BCUT2D eigenvalue weighted by atomic mass is 16.6. The Labute approximate surface area is 114 Å². The number of benzene rings is 1. The summed E-state index contributed by atoms with van der Waals surface area (Å²) in [5.41, 5.74) is 0.514. The van der Waals surface area contributed by atoms with Crippen LogP contribution in [-0.2, 0) is 14.3 Å². The first kappa shape index (κ1) is 12.0. The van der Waals surface area contributed by atoms with Crippen LogP contribution in [0.4, 0.5) is 5.69 Å². The van der Waals surface area contributed by atoms with Gasteiger partial charge in [0.1, 0.15) is 12.2 Å². The predicted molar refractivity (Wildman–Crippen MR) is 66.6 cm³/mol. The highest BCUT2D eigenvalue weighted by molar-refractivity contribution is 6.22. The minimum Gasteiger partial charge on any atom is -0.388 e. The molecule has 0 aromatic heterocycles. The van der Waals surface area contributed by atoms with Gasteiger partial charge in [0.25, 0.3) is 0 Å². The second kappa shape index (κ2) is 3.88. The monoisotopic (exact) mass is 275 g/mol. The predicted octanol–water partition coefficient (Wildman–Crippen LogP) is -0.705. The van der Waals surface area contributed by atoms with Gasteiger partial charge in [-0.25, -0.2) is 4.90 Å². The van der Waals surface area contributed by atoms with Gasteiger partial charge in [-0.2, -0.15) is 0 Å². The van der Waals surface area contributed by atoms with E-state index in [2.05, 4.69) is 0 Å². The molecular formula is C14H13NO5. The smallest absolute Gasteiger partial charge is 0.240 e. The van der Waals surface area contributed by atoms with Crippen LogP contribution >= 0.6 is 0 Å². The highest BCUT2D eigenvalue weighted by Gasteiger charge is 2.68. The molecule has 3 heterocycles. The second-order valence-corrected chi connectivity index (χ2v) is 5.45. The van der Waals surface area contributed by atoms with E-state index in [0.717, 1.165) is 4.90 Å². The molecule has 6 nitrogen and oxygen atoms in total. The van der Waals surface area contributed by atoms with Crippen molar-refractivity contribution in [2.75, 3.05) is 4.90 Å². The van der Waals surface area contributed by atoms with E-state index in [1.807, 2.05) is 0 Å². The van der Waals surface area contributed by atoms with Crippen LogP contribution in [0.15, 0.2) is 30.3 Å². The van der Waals surface area contributed by atoms with E-state index in [9.17, 15) is 19.8 Å². The number of amides is 2. The number of carbonyl (C=O) groups excluding carboxylic acids is 2. The number of hydrogen-bond donors (Lipinski definition) is 2. The average Bonchev–Trinajstić information content (AvgIpc) is 3.05. The molecule has 4 rings (SSSR count). The van der Waals surface area contributed by atoms with Gasteiger partial charge in [-0.3, -0.25) is 9.59 Å². The molecule has 0 radical (unpaired) electrons. The summed E-state index contributed by atoms with van der Waals surface area (Å²) < 4.78 is 5.42. The van der Waals surface area contributed by atoms with Gasteiger partial charge in [0.05, 0.1) is 29.7 Å². The SMILES string of the molecule is O=C1[C@@H]2[C@@H]3O[C@@H]([C@@H](O)[C@H]3O)[C@@H]2C(=O)N1c1ccccc1. The van der Waals surface area contributed by atoms with E-state index in [1.54, 1.807) is 30.3 Å². The first-order valence-corrected chi connectivity index (χ1v) is 6.55. The molecule has 104 valence electrons. The van der Waals surface area contributed by atoms with Crippen LogP contribution in [0.25, 0.3) is 0 Å². The third-order valence-corrected chi connectivity index (χ3v) is 4.46. The Morgan fingerprint density at radius 1 is 0.900 bits per heavy atom. The molecule has 3 saturated heterocycles. The molecule has 3 aliphatic heterocycles. The van der Waals surface area contributed by atoms with Crippen molar-refractivity contribution in [1.29, 1.82) is 0 Å². The number of anilines is 1. The van der Waals surface area contributed by atoms with E-state index in [4.69, 9.17) is 4.74 Å². The van der Waals surface area contributed by atoms with Crippen molar-refractivity contribution in [1.82, 2.24) is 0 Å². The normalized spacial score (nSPS) is 42.4. The number of aliphatic hydroxyl groups is 2. The van der Waals surface area contributed by atoms with E-state index in [-0.39, 0.29) is 11.8 Å². The maximum absolute atomic E-state index is 12.5. The lowest BCUT2D eigenvalue weighted by Crippen LogP contribution is -2.47. The maximum Gasteiger partial charge on any atom is 0.240 e. The number of ether oxygens (including phenoxy) is 1. The van der Waals surface area contributed by atoms with Gasteiger partial charge in [0.2, 0.25) is 11.8 Å². The molecule has 0 spiro atoms. The largest absolute Gasteiger partial charge is 0.388 e. The zero-order chi connectivity index (χ0) is 14.0. The standard InChI is InChI=1S/C14H13NO5/c16-9-10(17)12-8-7(11(9)20-12)13(18)15(14(8)19)6-4-2-1-3-5-6/h1-5,7-12,16-17H/t7-,8+,9+,10-,11-,12+. The zero-order valence-electron chi connectivity index (χ0n) is 10.4. The Hall–Kier alpha value is -1.76. The number of imide groups is 1. The Balaban J connectivity index is 1.75. The van der Waals surface area contributed by atoms with Crippen LogP contribution in [0.1, 0.15) is 0 Å². The van der Waals surface area contributed by atoms with Gasteiger partial charge in [-0.05, 0) is 12.1 Å². The molecule has 1 aromatic rings. The van der Waals surface area contributed by atoms with Crippen LogP contribution in [-0.4, -0.2) is 46.4 Å². The van der Waals surface area contributed by atoms with E-state index in [1.165, 1.54) is 0 Å². The Kier molecular flexibility index (Phi) is 2.33. The fourth-order valence-corrected chi connectivity index (χ4v) is 3.56. The van der Waals surface area contributed by atoms with Gasteiger partial charge in [0, 0.05) is 0 Å². The van der Waals surface area contributed by atoms with E-state index >= 15 is 0 Å². The summed E-state index contributed by atoms with van der Waals surface area (Å²) in [5, 5.41) is 19.7. The fourth-order valence-electron chi connectivity index (χ4n) is 3.56. The van der Waals surface area contributed by atoms with Gasteiger partial charge in [-0.15, -0.1) is 0 Å². The molecule has 0 aliphatic carbocycles. The summed E-state index contributed by atoms with van der Waals surface area (Å²) in [6, 6.07) is 8.67. The van der Waals surface area contributed by atoms with Crippen LogP contribution in [0.5, 0.6) is 0 Å². The first-order chi connectivity index (χ1) is 9.61. The summed E-state index contributed by atoms with van der Waals surface area (Å²) in [6.45, 7) is 0. The maximum atomic E-state index is 12.5. The first-order valence-electron chi connectivity index (χ1n) is 6.55. The minimum absolute atomic E-state index is 0.357. The summed E-state index contributed by atoms with van der Waals surface area (Å²) in [7, 11) is 0. The number of nitrogens with zero attached hydrogens (tertiary/aromatic N) is 1. The Bertz CT molecular complexity index is 556. The van der Waals surface area contributed by atoms with Crippen molar-refractivity contribution < 1.29 is 24.5 Å². The summed E-state index contributed by atoms with van der Waals surface area (Å²) >= 11 is 0. The zero-order valence-corrected chi connectivity index (χ0v) is 10.4. The summed E-state index contributed by atoms with van der Waals surface area (Å²) in [5.74, 6) is -2.09. The molecule has 3 aliphatic rings. The van der Waals surface area contributed by atoms with Gasteiger partial charge in [-0.1, -0.05) is 18.2 Å². The molecule has 6 atom stereocenters. The number of carbonyl (C=O) groups is 2. The molecule has 2 N–H and O–H groups in total. The minimum atomic E-state index is -1.10. The van der Waals surface area contributed by atoms with Crippen LogP contribution < -0.4 is 4.90 Å². The number of para-hydroxylation sites is 1. The van der Waals surface area contributed by atoms with Crippen LogP contribution in [0.2, 0.25) is 0 Å².